The van der Waals surface area contributed by atoms with E-state index in [-0.39, 0.29) is 11.3 Å². The van der Waals surface area contributed by atoms with Crippen molar-refractivity contribution < 1.29 is 18.3 Å². The minimum atomic E-state index is -3.54. The van der Waals surface area contributed by atoms with Gasteiger partial charge in [-0.05, 0) is 84.5 Å². The van der Waals surface area contributed by atoms with Crippen molar-refractivity contribution in [2.75, 3.05) is 6.54 Å². The van der Waals surface area contributed by atoms with Crippen LogP contribution in [0.2, 0.25) is 5.02 Å². The van der Waals surface area contributed by atoms with Gasteiger partial charge in [0, 0.05) is 18.0 Å². The van der Waals surface area contributed by atoms with E-state index in [2.05, 4.69) is 17.4 Å². The minimum Gasteiger partial charge on any atom is -0.481 e. The fraction of sp³-hybridized carbons (Fsp3) is 0.348. The third-order valence-corrected chi connectivity index (χ3v) is 7.38. The summed E-state index contributed by atoms with van der Waals surface area (Å²) in [6.45, 7) is 4.23. The lowest BCUT2D eigenvalue weighted by Gasteiger charge is -2.27. The van der Waals surface area contributed by atoms with E-state index in [0.29, 0.717) is 23.9 Å². The highest BCUT2D eigenvalue weighted by atomic mass is 35.5. The first-order valence-electron chi connectivity index (χ1n) is 10.0. The largest absolute Gasteiger partial charge is 0.481 e. The van der Waals surface area contributed by atoms with Gasteiger partial charge in [0.2, 0.25) is 10.0 Å². The number of carbonyl (C=O) groups is 1. The van der Waals surface area contributed by atoms with Gasteiger partial charge in [0.15, 0.2) is 0 Å². The molecule has 0 fully saturated rings. The molecule has 0 heterocycles. The van der Waals surface area contributed by atoms with Crippen LogP contribution >= 0.6 is 11.6 Å². The second-order valence-electron chi connectivity index (χ2n) is 7.62. The third kappa shape index (κ3) is 5.50. The second-order valence-corrected chi connectivity index (χ2v) is 9.82. The van der Waals surface area contributed by atoms with Gasteiger partial charge in [-0.1, -0.05) is 36.4 Å². The quantitative estimate of drug-likeness (QED) is 0.593. The maximum atomic E-state index is 12.4. The Bertz CT molecular complexity index is 1030. The number of carboxylic acids is 1. The van der Waals surface area contributed by atoms with Crippen molar-refractivity contribution in [1.82, 2.24) is 4.72 Å². The Morgan fingerprint density at radius 3 is 2.63 bits per heavy atom. The Labute approximate surface area is 182 Å². The monoisotopic (exact) mass is 447 g/mol. The SMILES string of the molecule is C=Cc1ccc2c(c1CCC(=O)O)CCC(CCNS(=O)(=O)c1ccc(Cl)cc1)C2. The summed E-state index contributed by atoms with van der Waals surface area (Å²) in [5.41, 5.74) is 4.57. The van der Waals surface area contributed by atoms with Crippen LogP contribution in [0.25, 0.3) is 6.08 Å². The fourth-order valence-corrected chi connectivity index (χ4v) is 5.26. The number of nitrogens with one attached hydrogen (secondary N) is 1. The zero-order valence-electron chi connectivity index (χ0n) is 16.7. The van der Waals surface area contributed by atoms with Crippen molar-refractivity contribution in [3.8, 4) is 0 Å². The van der Waals surface area contributed by atoms with Gasteiger partial charge in [0.25, 0.3) is 0 Å². The van der Waals surface area contributed by atoms with Crippen molar-refractivity contribution >= 4 is 33.7 Å². The summed E-state index contributed by atoms with van der Waals surface area (Å²) in [5, 5.41) is 9.55. The maximum absolute atomic E-state index is 12.4. The van der Waals surface area contributed by atoms with Gasteiger partial charge in [-0.2, -0.15) is 0 Å². The van der Waals surface area contributed by atoms with Gasteiger partial charge in [-0.3, -0.25) is 4.79 Å². The van der Waals surface area contributed by atoms with E-state index in [1.165, 1.54) is 23.3 Å². The van der Waals surface area contributed by atoms with E-state index in [4.69, 9.17) is 16.7 Å². The molecule has 0 aliphatic heterocycles. The van der Waals surface area contributed by atoms with Gasteiger partial charge in [-0.25, -0.2) is 13.1 Å². The topological polar surface area (TPSA) is 83.5 Å². The number of hydrogen-bond donors (Lipinski definition) is 2. The summed E-state index contributed by atoms with van der Waals surface area (Å²) in [6.07, 6.45) is 5.85. The van der Waals surface area contributed by atoms with Crippen LogP contribution in [0.4, 0.5) is 0 Å². The molecular formula is C23H26ClNO4S. The number of halogens is 1. The van der Waals surface area contributed by atoms with Crippen LogP contribution in [0.5, 0.6) is 0 Å². The van der Waals surface area contributed by atoms with E-state index in [0.717, 1.165) is 36.8 Å². The highest BCUT2D eigenvalue weighted by Gasteiger charge is 2.23. The van der Waals surface area contributed by atoms with Crippen molar-refractivity contribution in [3.05, 3.63) is 70.3 Å². The van der Waals surface area contributed by atoms with Gasteiger partial charge in [0.05, 0.1) is 4.90 Å². The van der Waals surface area contributed by atoms with E-state index < -0.39 is 16.0 Å². The summed E-state index contributed by atoms with van der Waals surface area (Å²) in [7, 11) is -3.54. The van der Waals surface area contributed by atoms with Crippen LogP contribution in [-0.2, 0) is 34.1 Å². The smallest absolute Gasteiger partial charge is 0.303 e. The molecule has 7 heteroatoms. The molecule has 0 amide bonds. The Morgan fingerprint density at radius 2 is 1.97 bits per heavy atom. The number of rotatable bonds is 9. The summed E-state index contributed by atoms with van der Waals surface area (Å²) >= 11 is 5.82. The predicted octanol–water partition coefficient (Wildman–Crippen LogP) is 4.47. The van der Waals surface area contributed by atoms with E-state index in [9.17, 15) is 13.2 Å². The molecule has 1 unspecified atom stereocenters. The molecule has 5 nitrogen and oxygen atoms in total. The summed E-state index contributed by atoms with van der Waals surface area (Å²) in [4.78, 5) is 11.2. The summed E-state index contributed by atoms with van der Waals surface area (Å²) < 4.78 is 27.5. The molecule has 3 rings (SSSR count). The lowest BCUT2D eigenvalue weighted by atomic mass is 9.78. The molecule has 1 atom stereocenters. The molecule has 30 heavy (non-hydrogen) atoms. The van der Waals surface area contributed by atoms with Crippen LogP contribution in [0.1, 0.15) is 41.5 Å². The average molecular weight is 448 g/mol. The molecule has 1 aliphatic carbocycles. The highest BCUT2D eigenvalue weighted by Crippen LogP contribution is 2.32. The molecule has 2 aromatic rings. The predicted molar refractivity (Wildman–Crippen MR) is 119 cm³/mol. The lowest BCUT2D eigenvalue weighted by molar-refractivity contribution is -0.136. The van der Waals surface area contributed by atoms with Crippen LogP contribution in [0.3, 0.4) is 0 Å². The van der Waals surface area contributed by atoms with Gasteiger partial charge in [-0.15, -0.1) is 0 Å². The summed E-state index contributed by atoms with van der Waals surface area (Å²) in [6, 6.07) is 10.2. The number of carboxylic acid groups (broad SMARTS) is 1. The fourth-order valence-electron chi connectivity index (χ4n) is 4.08. The first-order valence-corrected chi connectivity index (χ1v) is 11.9. The van der Waals surface area contributed by atoms with Crippen molar-refractivity contribution in [1.29, 1.82) is 0 Å². The zero-order chi connectivity index (χ0) is 21.7. The van der Waals surface area contributed by atoms with Gasteiger partial charge >= 0.3 is 5.97 Å². The second kappa shape index (κ2) is 9.77. The molecule has 0 aromatic heterocycles. The molecule has 0 saturated heterocycles. The first-order chi connectivity index (χ1) is 14.3. The Balaban J connectivity index is 1.63. The molecule has 0 radical (unpaired) electrons. The number of fused-ring (bicyclic) bond motifs is 1. The van der Waals surface area contributed by atoms with Crippen LogP contribution < -0.4 is 4.72 Å². The van der Waals surface area contributed by atoms with Crippen LogP contribution in [-0.4, -0.2) is 26.0 Å². The molecule has 0 saturated carbocycles. The maximum Gasteiger partial charge on any atom is 0.303 e. The van der Waals surface area contributed by atoms with Crippen molar-refractivity contribution in [2.45, 2.75) is 43.4 Å². The molecule has 0 bridgehead atoms. The van der Waals surface area contributed by atoms with Gasteiger partial charge < -0.3 is 5.11 Å². The molecule has 2 aromatic carbocycles. The lowest BCUT2D eigenvalue weighted by Crippen LogP contribution is -2.27. The normalized spacial score (nSPS) is 16.1. The Morgan fingerprint density at radius 1 is 1.23 bits per heavy atom. The average Bonchev–Trinajstić information content (AvgIpc) is 2.71. The van der Waals surface area contributed by atoms with E-state index in [1.54, 1.807) is 18.2 Å². The number of hydrogen-bond acceptors (Lipinski definition) is 3. The number of aliphatic carboxylic acids is 1. The molecule has 1 aliphatic rings. The van der Waals surface area contributed by atoms with Crippen molar-refractivity contribution in [3.63, 3.8) is 0 Å². The van der Waals surface area contributed by atoms with Crippen LogP contribution in [0.15, 0.2) is 47.9 Å². The molecule has 0 spiro atoms. The highest BCUT2D eigenvalue weighted by molar-refractivity contribution is 7.89. The van der Waals surface area contributed by atoms with E-state index >= 15 is 0 Å². The Hall–Kier alpha value is -2.15. The van der Waals surface area contributed by atoms with Crippen LogP contribution in [0, 0.1) is 5.92 Å². The third-order valence-electron chi connectivity index (χ3n) is 5.65. The minimum absolute atomic E-state index is 0.104. The van der Waals surface area contributed by atoms with Crippen molar-refractivity contribution in [2.24, 2.45) is 5.92 Å². The first kappa shape index (κ1) is 22.5. The standard InChI is InChI=1S/C23H26ClNO4S/c1-2-17-4-5-18-15-16(3-10-22(18)21(17)11-12-23(26)27)13-14-25-30(28,29)20-8-6-19(24)7-9-20/h2,4-9,16,25H,1,3,10-15H2,(H,26,27). The van der Waals surface area contributed by atoms with Gasteiger partial charge in [0.1, 0.15) is 0 Å². The zero-order valence-corrected chi connectivity index (χ0v) is 18.3. The van der Waals surface area contributed by atoms with E-state index in [1.807, 2.05) is 6.07 Å². The Kier molecular flexibility index (Phi) is 7.34. The molecular weight excluding hydrogens is 422 g/mol. The molecule has 2 N–H and O–H groups in total. The summed E-state index contributed by atoms with van der Waals surface area (Å²) in [5.74, 6) is -0.420. The number of benzene rings is 2. The number of sulfonamides is 1. The molecule has 160 valence electrons.